The van der Waals surface area contributed by atoms with Crippen molar-refractivity contribution in [3.05, 3.63) is 29.8 Å². The van der Waals surface area contributed by atoms with Gasteiger partial charge in [0, 0.05) is 19.6 Å². The second kappa shape index (κ2) is 6.37. The van der Waals surface area contributed by atoms with Crippen LogP contribution in [0.1, 0.15) is 5.56 Å². The third-order valence-corrected chi connectivity index (χ3v) is 2.73. The Labute approximate surface area is 101 Å². The summed E-state index contributed by atoms with van der Waals surface area (Å²) in [6, 6.07) is 7.88. The maximum absolute atomic E-state index is 10.2. The highest BCUT2D eigenvalue weighted by atomic mass is 16.5. The minimum absolute atomic E-state index is 0.112. The Morgan fingerprint density at radius 2 is 2.18 bits per heavy atom. The molecule has 0 aliphatic carbocycles. The summed E-state index contributed by atoms with van der Waals surface area (Å²) in [4.78, 5) is 12.6. The van der Waals surface area contributed by atoms with Crippen molar-refractivity contribution in [2.75, 3.05) is 32.9 Å². The lowest BCUT2D eigenvalue weighted by Gasteiger charge is -2.26. The summed E-state index contributed by atoms with van der Waals surface area (Å²) >= 11 is 0. The van der Waals surface area contributed by atoms with Gasteiger partial charge in [0.05, 0.1) is 13.2 Å². The monoisotopic (exact) mass is 235 g/mol. The topological polar surface area (TPSA) is 38.8 Å². The lowest BCUT2D eigenvalue weighted by Crippen LogP contribution is -2.35. The lowest BCUT2D eigenvalue weighted by atomic mass is 10.2. The van der Waals surface area contributed by atoms with E-state index in [2.05, 4.69) is 11.0 Å². The van der Waals surface area contributed by atoms with Crippen LogP contribution in [0.4, 0.5) is 0 Å². The van der Waals surface area contributed by atoms with Gasteiger partial charge in [-0.3, -0.25) is 9.69 Å². The van der Waals surface area contributed by atoms with Crippen molar-refractivity contribution in [3.63, 3.8) is 0 Å². The molecule has 1 heterocycles. The minimum Gasteiger partial charge on any atom is -0.486 e. The largest absolute Gasteiger partial charge is 0.486 e. The molecule has 2 rings (SSSR count). The normalized spacial score (nSPS) is 16.7. The van der Waals surface area contributed by atoms with Crippen LogP contribution in [-0.4, -0.2) is 44.1 Å². The Hall–Kier alpha value is -1.39. The van der Waals surface area contributed by atoms with E-state index in [1.807, 2.05) is 18.2 Å². The number of carbonyl (C=O) groups excluding carboxylic acids is 1. The molecule has 17 heavy (non-hydrogen) atoms. The quantitative estimate of drug-likeness (QED) is 0.716. The average molecular weight is 235 g/mol. The molecule has 0 bridgehead atoms. The minimum atomic E-state index is 0.112. The summed E-state index contributed by atoms with van der Waals surface area (Å²) in [5.41, 5.74) is 1.20. The summed E-state index contributed by atoms with van der Waals surface area (Å²) in [7, 11) is 0. The SMILES string of the molecule is O=CCOc1cccc(CN2CCOCC2)c1. The summed E-state index contributed by atoms with van der Waals surface area (Å²) < 4.78 is 10.6. The van der Waals surface area contributed by atoms with Crippen LogP contribution in [0.5, 0.6) is 5.75 Å². The van der Waals surface area contributed by atoms with Crippen molar-refractivity contribution in [1.29, 1.82) is 0 Å². The van der Waals surface area contributed by atoms with Crippen molar-refractivity contribution in [1.82, 2.24) is 4.90 Å². The maximum Gasteiger partial charge on any atom is 0.157 e. The van der Waals surface area contributed by atoms with E-state index < -0.39 is 0 Å². The summed E-state index contributed by atoms with van der Waals surface area (Å²) in [6.07, 6.45) is 0.759. The zero-order valence-electron chi connectivity index (χ0n) is 9.80. The molecule has 0 N–H and O–H groups in total. The molecule has 0 unspecified atom stereocenters. The van der Waals surface area contributed by atoms with Crippen molar-refractivity contribution in [2.24, 2.45) is 0 Å². The average Bonchev–Trinajstić information content (AvgIpc) is 2.38. The van der Waals surface area contributed by atoms with Crippen LogP contribution in [-0.2, 0) is 16.1 Å². The molecule has 4 nitrogen and oxygen atoms in total. The molecule has 0 radical (unpaired) electrons. The van der Waals surface area contributed by atoms with Gasteiger partial charge in [-0.05, 0) is 17.7 Å². The molecule has 1 aliphatic heterocycles. The molecule has 1 aliphatic rings. The maximum atomic E-state index is 10.2. The van der Waals surface area contributed by atoms with Gasteiger partial charge in [-0.2, -0.15) is 0 Å². The van der Waals surface area contributed by atoms with Crippen LogP contribution < -0.4 is 4.74 Å². The van der Waals surface area contributed by atoms with Gasteiger partial charge in [-0.1, -0.05) is 12.1 Å². The number of rotatable bonds is 5. The number of carbonyl (C=O) groups is 1. The highest BCUT2D eigenvalue weighted by Crippen LogP contribution is 2.15. The highest BCUT2D eigenvalue weighted by Gasteiger charge is 2.10. The number of hydrogen-bond donors (Lipinski definition) is 0. The number of nitrogens with zero attached hydrogens (tertiary/aromatic N) is 1. The van der Waals surface area contributed by atoms with Crippen molar-refractivity contribution in [3.8, 4) is 5.75 Å². The zero-order chi connectivity index (χ0) is 11.9. The standard InChI is InChI=1S/C13H17NO3/c15-6-9-17-13-3-1-2-12(10-13)11-14-4-7-16-8-5-14/h1-3,6,10H,4-5,7-9,11H2. The number of aldehydes is 1. The molecule has 0 atom stereocenters. The van der Waals surface area contributed by atoms with Crippen LogP contribution in [0, 0.1) is 0 Å². The lowest BCUT2D eigenvalue weighted by molar-refractivity contribution is -0.109. The number of morpholine rings is 1. The van der Waals surface area contributed by atoms with Gasteiger partial charge in [-0.15, -0.1) is 0 Å². The third kappa shape index (κ3) is 3.84. The van der Waals surface area contributed by atoms with Gasteiger partial charge >= 0.3 is 0 Å². The first kappa shape index (κ1) is 12.1. The molecule has 1 aromatic carbocycles. The molecule has 0 amide bonds. The summed E-state index contributed by atoms with van der Waals surface area (Å²) in [6.45, 7) is 4.57. The second-order valence-electron chi connectivity index (χ2n) is 4.01. The fourth-order valence-electron chi connectivity index (χ4n) is 1.88. The van der Waals surface area contributed by atoms with Gasteiger partial charge in [0.25, 0.3) is 0 Å². The fourth-order valence-corrected chi connectivity index (χ4v) is 1.88. The Morgan fingerprint density at radius 3 is 2.94 bits per heavy atom. The molecule has 0 aromatic heterocycles. The molecule has 0 saturated carbocycles. The van der Waals surface area contributed by atoms with Gasteiger partial charge in [0.15, 0.2) is 6.29 Å². The predicted molar refractivity (Wildman–Crippen MR) is 64.1 cm³/mol. The van der Waals surface area contributed by atoms with Crippen LogP contribution >= 0.6 is 0 Å². The molecular formula is C13H17NO3. The van der Waals surface area contributed by atoms with Crippen LogP contribution in [0.25, 0.3) is 0 Å². The Kier molecular flexibility index (Phi) is 4.53. The Balaban J connectivity index is 1.92. The highest BCUT2D eigenvalue weighted by molar-refractivity contribution is 5.51. The summed E-state index contributed by atoms with van der Waals surface area (Å²) in [5, 5.41) is 0. The molecule has 1 saturated heterocycles. The van der Waals surface area contributed by atoms with Crippen LogP contribution in [0.3, 0.4) is 0 Å². The second-order valence-corrected chi connectivity index (χ2v) is 4.01. The molecule has 0 spiro atoms. The van der Waals surface area contributed by atoms with E-state index in [0.717, 1.165) is 44.9 Å². The Morgan fingerprint density at radius 1 is 1.35 bits per heavy atom. The third-order valence-electron chi connectivity index (χ3n) is 2.73. The van der Waals surface area contributed by atoms with E-state index in [1.165, 1.54) is 5.56 Å². The van der Waals surface area contributed by atoms with E-state index in [-0.39, 0.29) is 6.61 Å². The van der Waals surface area contributed by atoms with E-state index in [0.29, 0.717) is 0 Å². The van der Waals surface area contributed by atoms with Crippen molar-refractivity contribution < 1.29 is 14.3 Å². The van der Waals surface area contributed by atoms with Gasteiger partial charge in [-0.25, -0.2) is 0 Å². The first-order valence-electron chi connectivity index (χ1n) is 5.84. The zero-order valence-corrected chi connectivity index (χ0v) is 9.80. The van der Waals surface area contributed by atoms with E-state index in [9.17, 15) is 4.79 Å². The molecule has 4 heteroatoms. The van der Waals surface area contributed by atoms with Crippen molar-refractivity contribution in [2.45, 2.75) is 6.54 Å². The first-order chi connectivity index (χ1) is 8.38. The molecule has 1 fully saturated rings. The van der Waals surface area contributed by atoms with Crippen LogP contribution in [0.15, 0.2) is 24.3 Å². The van der Waals surface area contributed by atoms with Gasteiger partial charge in [0.2, 0.25) is 0 Å². The smallest absolute Gasteiger partial charge is 0.157 e. The van der Waals surface area contributed by atoms with Crippen molar-refractivity contribution >= 4 is 6.29 Å². The fraction of sp³-hybridized carbons (Fsp3) is 0.462. The van der Waals surface area contributed by atoms with Gasteiger partial charge < -0.3 is 9.47 Å². The first-order valence-corrected chi connectivity index (χ1v) is 5.84. The number of benzene rings is 1. The van der Waals surface area contributed by atoms with E-state index in [1.54, 1.807) is 0 Å². The predicted octanol–water partition coefficient (Wildman–Crippen LogP) is 1.10. The van der Waals surface area contributed by atoms with Gasteiger partial charge in [0.1, 0.15) is 12.4 Å². The van der Waals surface area contributed by atoms with Crippen LogP contribution in [0.2, 0.25) is 0 Å². The molecule has 92 valence electrons. The van der Waals surface area contributed by atoms with E-state index >= 15 is 0 Å². The van der Waals surface area contributed by atoms with E-state index in [4.69, 9.17) is 9.47 Å². The number of ether oxygens (including phenoxy) is 2. The molecular weight excluding hydrogens is 218 g/mol. The number of hydrogen-bond acceptors (Lipinski definition) is 4. The summed E-state index contributed by atoms with van der Waals surface area (Å²) in [5.74, 6) is 0.753. The Bertz CT molecular complexity index is 361. The molecule has 1 aromatic rings.